The second-order valence-corrected chi connectivity index (χ2v) is 18.6. The maximum atomic E-state index is 12.4. The van der Waals surface area contributed by atoms with E-state index in [0.29, 0.717) is 25.9 Å². The van der Waals surface area contributed by atoms with Gasteiger partial charge in [0.2, 0.25) is 5.91 Å². The van der Waals surface area contributed by atoms with Crippen LogP contribution >= 0.6 is 0 Å². The Labute approximate surface area is 385 Å². The highest BCUT2D eigenvalue weighted by molar-refractivity contribution is 5.76. The molecule has 0 saturated heterocycles. The Morgan fingerprint density at radius 1 is 0.452 bits per heavy atom. The lowest BCUT2D eigenvalue weighted by Gasteiger charge is -2.22. The summed E-state index contributed by atoms with van der Waals surface area (Å²) in [6.07, 6.45) is 62.7. The summed E-state index contributed by atoms with van der Waals surface area (Å²) in [5, 5.41) is 23.1. The summed E-state index contributed by atoms with van der Waals surface area (Å²) in [7, 11) is 0. The van der Waals surface area contributed by atoms with Crippen molar-refractivity contribution in [1.82, 2.24) is 5.32 Å². The number of allylic oxidation sites excluding steroid dienone is 6. The first-order valence-electron chi connectivity index (χ1n) is 27.2. The van der Waals surface area contributed by atoms with Crippen molar-refractivity contribution in [3.8, 4) is 0 Å². The van der Waals surface area contributed by atoms with Crippen LogP contribution in [0.2, 0.25) is 0 Å². The van der Waals surface area contributed by atoms with E-state index in [0.717, 1.165) is 64.2 Å². The number of aliphatic hydroxyl groups excluding tert-OH is 2. The molecular formula is C56H105NO5. The van der Waals surface area contributed by atoms with E-state index in [9.17, 15) is 19.8 Å². The van der Waals surface area contributed by atoms with Gasteiger partial charge in [-0.25, -0.2) is 0 Å². The minimum atomic E-state index is -0.671. The van der Waals surface area contributed by atoms with Crippen molar-refractivity contribution in [1.29, 1.82) is 0 Å². The highest BCUT2D eigenvalue weighted by Gasteiger charge is 2.20. The summed E-state index contributed by atoms with van der Waals surface area (Å²) in [6.45, 7) is 4.89. The first-order valence-corrected chi connectivity index (χ1v) is 27.2. The van der Waals surface area contributed by atoms with E-state index in [2.05, 4.69) is 55.6 Å². The molecule has 0 bridgehead atoms. The number of hydrogen-bond acceptors (Lipinski definition) is 5. The number of amides is 1. The number of unbranched alkanes of at least 4 members (excludes halogenated alkanes) is 33. The molecule has 0 rings (SSSR count). The monoisotopic (exact) mass is 872 g/mol. The minimum absolute atomic E-state index is 0.00533. The maximum Gasteiger partial charge on any atom is 0.305 e. The van der Waals surface area contributed by atoms with Crippen LogP contribution in [-0.4, -0.2) is 47.4 Å². The second-order valence-electron chi connectivity index (χ2n) is 18.6. The van der Waals surface area contributed by atoms with Crippen LogP contribution in [0.3, 0.4) is 0 Å². The Morgan fingerprint density at radius 3 is 1.27 bits per heavy atom. The number of rotatable bonds is 50. The highest BCUT2D eigenvalue weighted by Crippen LogP contribution is 2.16. The predicted molar refractivity (Wildman–Crippen MR) is 269 cm³/mol. The lowest BCUT2D eigenvalue weighted by atomic mass is 10.0. The standard InChI is InChI=1S/C56H105NO5/c1-3-5-7-9-11-13-15-16-17-20-24-27-30-34-38-42-46-50-56(61)62-51-47-43-39-35-31-28-25-22-19-18-21-23-26-29-33-37-41-45-49-55(60)57-53(52-58)54(59)48-44-40-36-32-14-12-10-8-6-4-2/h11,13,16-17,21,23,53-54,58-59H,3-10,12,14-15,18-20,22,24-52H2,1-2H3,(H,57,60)/b13-11-,17-16-,23-21-. The minimum Gasteiger partial charge on any atom is -0.466 e. The molecule has 6 heteroatoms. The third kappa shape index (κ3) is 47.6. The molecule has 1 amide bonds. The molecule has 0 aromatic carbocycles. The summed E-state index contributed by atoms with van der Waals surface area (Å²) in [4.78, 5) is 24.5. The number of hydrogen-bond donors (Lipinski definition) is 3. The highest BCUT2D eigenvalue weighted by atomic mass is 16.5. The van der Waals surface area contributed by atoms with Gasteiger partial charge in [0.1, 0.15) is 0 Å². The van der Waals surface area contributed by atoms with Crippen molar-refractivity contribution in [2.75, 3.05) is 13.2 Å². The van der Waals surface area contributed by atoms with Gasteiger partial charge in [-0.05, 0) is 83.5 Å². The van der Waals surface area contributed by atoms with Gasteiger partial charge < -0.3 is 20.3 Å². The molecule has 6 nitrogen and oxygen atoms in total. The fourth-order valence-corrected chi connectivity index (χ4v) is 8.19. The zero-order chi connectivity index (χ0) is 45.1. The van der Waals surface area contributed by atoms with Crippen molar-refractivity contribution in [3.05, 3.63) is 36.5 Å². The molecule has 0 saturated carbocycles. The quantitative estimate of drug-likeness (QED) is 0.0321. The molecule has 0 fully saturated rings. The molecule has 0 heterocycles. The average molecular weight is 872 g/mol. The fourth-order valence-electron chi connectivity index (χ4n) is 8.19. The topological polar surface area (TPSA) is 95.9 Å². The number of nitrogens with one attached hydrogen (secondary N) is 1. The molecule has 3 N–H and O–H groups in total. The summed E-state index contributed by atoms with van der Waals surface area (Å²) in [6, 6.07) is -0.550. The number of aliphatic hydroxyl groups is 2. The molecule has 364 valence electrons. The smallest absolute Gasteiger partial charge is 0.305 e. The molecule has 2 atom stereocenters. The Morgan fingerprint density at radius 2 is 0.806 bits per heavy atom. The molecule has 62 heavy (non-hydrogen) atoms. The number of ether oxygens (including phenoxy) is 1. The third-order valence-electron chi connectivity index (χ3n) is 12.4. The average Bonchev–Trinajstić information content (AvgIpc) is 3.27. The lowest BCUT2D eigenvalue weighted by Crippen LogP contribution is -2.45. The molecule has 0 aliphatic carbocycles. The molecule has 0 radical (unpaired) electrons. The largest absolute Gasteiger partial charge is 0.466 e. The normalized spacial score (nSPS) is 12.9. The van der Waals surface area contributed by atoms with E-state index in [4.69, 9.17) is 4.74 Å². The predicted octanol–water partition coefficient (Wildman–Crippen LogP) is 16.5. The van der Waals surface area contributed by atoms with Crippen LogP contribution in [0.1, 0.15) is 284 Å². The zero-order valence-corrected chi connectivity index (χ0v) is 41.4. The number of esters is 1. The van der Waals surface area contributed by atoms with Crippen molar-refractivity contribution >= 4 is 11.9 Å². The number of carbonyl (C=O) groups excluding carboxylic acids is 2. The van der Waals surface area contributed by atoms with Crippen molar-refractivity contribution in [2.45, 2.75) is 296 Å². The maximum absolute atomic E-state index is 12.4. The van der Waals surface area contributed by atoms with E-state index in [1.807, 2.05) is 0 Å². The van der Waals surface area contributed by atoms with Crippen LogP contribution in [0.15, 0.2) is 36.5 Å². The molecule has 2 unspecified atom stereocenters. The van der Waals surface area contributed by atoms with Gasteiger partial charge >= 0.3 is 5.97 Å². The summed E-state index contributed by atoms with van der Waals surface area (Å²) >= 11 is 0. The van der Waals surface area contributed by atoms with Crippen LogP contribution < -0.4 is 5.32 Å². The fraction of sp³-hybridized carbons (Fsp3) is 0.857. The van der Waals surface area contributed by atoms with Crippen molar-refractivity contribution in [3.63, 3.8) is 0 Å². The van der Waals surface area contributed by atoms with Crippen LogP contribution in [0.25, 0.3) is 0 Å². The molecular weight excluding hydrogens is 767 g/mol. The number of carbonyl (C=O) groups is 2. The van der Waals surface area contributed by atoms with Crippen LogP contribution in [-0.2, 0) is 14.3 Å². The Bertz CT molecular complexity index is 1010. The first-order chi connectivity index (χ1) is 30.5. The van der Waals surface area contributed by atoms with Gasteiger partial charge in [0.15, 0.2) is 0 Å². The van der Waals surface area contributed by atoms with E-state index in [1.54, 1.807) is 0 Å². The van der Waals surface area contributed by atoms with Gasteiger partial charge in [-0.3, -0.25) is 9.59 Å². The molecule has 0 aromatic rings. The molecule has 0 aromatic heterocycles. The van der Waals surface area contributed by atoms with Crippen LogP contribution in [0.5, 0.6) is 0 Å². The van der Waals surface area contributed by atoms with Gasteiger partial charge in [0, 0.05) is 12.8 Å². The Kier molecular flexibility index (Phi) is 50.1. The van der Waals surface area contributed by atoms with Crippen molar-refractivity contribution < 1.29 is 24.5 Å². The lowest BCUT2D eigenvalue weighted by molar-refractivity contribution is -0.143. The Hall–Kier alpha value is -1.92. The zero-order valence-electron chi connectivity index (χ0n) is 41.4. The Balaban J connectivity index is 3.43. The van der Waals surface area contributed by atoms with E-state index in [1.165, 1.54) is 186 Å². The summed E-state index contributed by atoms with van der Waals surface area (Å²) in [5.74, 6) is -0.0571. The van der Waals surface area contributed by atoms with E-state index < -0.39 is 12.1 Å². The first kappa shape index (κ1) is 60.1. The van der Waals surface area contributed by atoms with Crippen LogP contribution in [0, 0.1) is 0 Å². The van der Waals surface area contributed by atoms with Gasteiger partial charge in [-0.1, -0.05) is 224 Å². The van der Waals surface area contributed by atoms with Crippen molar-refractivity contribution in [2.24, 2.45) is 0 Å². The van der Waals surface area contributed by atoms with Gasteiger partial charge in [-0.15, -0.1) is 0 Å². The van der Waals surface area contributed by atoms with Gasteiger partial charge in [-0.2, -0.15) is 0 Å². The summed E-state index contributed by atoms with van der Waals surface area (Å²) in [5.41, 5.74) is 0. The SMILES string of the molecule is CCCCC/C=C\C/C=C\CCCCCCCCCC(=O)OCCCCCCCCCCC/C=C\CCCCCCCC(=O)NC(CO)C(O)CCCCCCCCCCCC. The van der Waals surface area contributed by atoms with Gasteiger partial charge in [0.05, 0.1) is 25.4 Å². The molecule has 0 aliphatic rings. The molecule has 0 spiro atoms. The van der Waals surface area contributed by atoms with Crippen LogP contribution in [0.4, 0.5) is 0 Å². The summed E-state index contributed by atoms with van der Waals surface area (Å²) < 4.78 is 5.47. The van der Waals surface area contributed by atoms with E-state index in [-0.39, 0.29) is 18.5 Å². The van der Waals surface area contributed by atoms with Gasteiger partial charge in [0.25, 0.3) is 0 Å². The second kappa shape index (κ2) is 51.7. The van der Waals surface area contributed by atoms with E-state index >= 15 is 0 Å². The molecule has 0 aliphatic heterocycles. The third-order valence-corrected chi connectivity index (χ3v) is 12.4.